The average molecular weight is 495 g/mol. The normalized spacial score (nSPS) is 15.0. The van der Waals surface area contributed by atoms with Crippen LogP contribution in [0.1, 0.15) is 29.7 Å². The van der Waals surface area contributed by atoms with Crippen LogP contribution in [0.25, 0.3) is 11.3 Å². The highest BCUT2D eigenvalue weighted by Crippen LogP contribution is 2.43. The molecule has 8 heteroatoms. The number of rotatable bonds is 7. The first kappa shape index (κ1) is 24.6. The zero-order valence-corrected chi connectivity index (χ0v) is 20.3. The van der Waals surface area contributed by atoms with Crippen molar-refractivity contribution in [1.29, 1.82) is 10.5 Å². The Balaban J connectivity index is 1.75. The van der Waals surface area contributed by atoms with Gasteiger partial charge in [0.2, 0.25) is 5.88 Å². The molecule has 2 heterocycles. The van der Waals surface area contributed by atoms with Gasteiger partial charge in [0.1, 0.15) is 17.7 Å². The van der Waals surface area contributed by atoms with Gasteiger partial charge in [0, 0.05) is 11.3 Å². The highest BCUT2D eigenvalue weighted by Gasteiger charge is 2.38. The van der Waals surface area contributed by atoms with Crippen LogP contribution >= 0.6 is 11.8 Å². The second kappa shape index (κ2) is 11.3. The fourth-order valence-electron chi connectivity index (χ4n) is 3.85. The number of allylic oxidation sites excluding steroid dienone is 1. The number of thioether (sulfide) groups is 1. The zero-order valence-electron chi connectivity index (χ0n) is 19.5. The predicted molar refractivity (Wildman–Crippen MR) is 136 cm³/mol. The van der Waals surface area contributed by atoms with Gasteiger partial charge in [0.05, 0.1) is 35.0 Å². The minimum absolute atomic E-state index is 0.0756. The van der Waals surface area contributed by atoms with Crippen LogP contribution in [0.3, 0.4) is 0 Å². The number of nitriles is 2. The molecule has 178 valence electrons. The van der Waals surface area contributed by atoms with Crippen molar-refractivity contribution in [3.63, 3.8) is 0 Å². The standard InChI is InChI=1S/C28H22N4O3S/c1-2-34-27(33)25-24(19-11-7-4-8-12-19)21(16-30)26(31)35-28(25)36-17-23-20(15-29)13-14-22(32-23)18-9-5-3-6-10-18/h3-14,24H,2,17,31H2,1H3. The van der Waals surface area contributed by atoms with Crippen molar-refractivity contribution in [2.45, 2.75) is 18.6 Å². The number of benzene rings is 2. The molecule has 1 unspecified atom stereocenters. The largest absolute Gasteiger partial charge is 0.462 e. The first-order valence-electron chi connectivity index (χ1n) is 11.2. The summed E-state index contributed by atoms with van der Waals surface area (Å²) >= 11 is 1.18. The van der Waals surface area contributed by atoms with Crippen molar-refractivity contribution in [3.05, 3.63) is 112 Å². The Labute approximate surface area is 213 Å². The van der Waals surface area contributed by atoms with Gasteiger partial charge in [0.25, 0.3) is 0 Å². The molecular formula is C28H22N4O3S. The maximum atomic E-state index is 13.1. The molecule has 0 spiro atoms. The minimum atomic E-state index is -0.745. The van der Waals surface area contributed by atoms with Crippen molar-refractivity contribution in [2.75, 3.05) is 6.61 Å². The molecule has 1 atom stereocenters. The van der Waals surface area contributed by atoms with Crippen LogP contribution in [0.4, 0.5) is 0 Å². The van der Waals surface area contributed by atoms with E-state index in [-0.39, 0.29) is 34.5 Å². The SMILES string of the molecule is CCOC(=O)C1=C(SCc2nc(-c3ccccc3)ccc2C#N)OC(N)=C(C#N)C1c1ccccc1. The molecule has 36 heavy (non-hydrogen) atoms. The summed E-state index contributed by atoms with van der Waals surface area (Å²) in [6.07, 6.45) is 0. The van der Waals surface area contributed by atoms with Crippen molar-refractivity contribution in [1.82, 2.24) is 4.98 Å². The van der Waals surface area contributed by atoms with Crippen molar-refractivity contribution in [2.24, 2.45) is 5.73 Å². The van der Waals surface area contributed by atoms with Crippen LogP contribution in [0.5, 0.6) is 0 Å². The Kier molecular flexibility index (Phi) is 7.69. The molecule has 0 radical (unpaired) electrons. The number of nitrogens with zero attached hydrogens (tertiary/aromatic N) is 3. The number of hydrogen-bond acceptors (Lipinski definition) is 8. The molecule has 2 N–H and O–H groups in total. The lowest BCUT2D eigenvalue weighted by Gasteiger charge is -2.27. The molecule has 0 saturated carbocycles. The van der Waals surface area contributed by atoms with Crippen LogP contribution in [-0.4, -0.2) is 17.6 Å². The monoisotopic (exact) mass is 494 g/mol. The Morgan fingerprint density at radius 2 is 1.75 bits per heavy atom. The molecule has 1 aliphatic rings. The summed E-state index contributed by atoms with van der Waals surface area (Å²) in [6.45, 7) is 1.86. The van der Waals surface area contributed by atoms with Crippen LogP contribution in [0.2, 0.25) is 0 Å². The molecule has 0 aliphatic carbocycles. The van der Waals surface area contributed by atoms with E-state index in [2.05, 4.69) is 12.1 Å². The maximum absolute atomic E-state index is 13.1. The molecule has 0 saturated heterocycles. The number of nitrogens with two attached hydrogens (primary N) is 1. The summed E-state index contributed by atoms with van der Waals surface area (Å²) < 4.78 is 11.1. The fraction of sp³-hybridized carbons (Fsp3) is 0.143. The number of carbonyl (C=O) groups excluding carboxylic acids is 1. The van der Waals surface area contributed by atoms with E-state index < -0.39 is 11.9 Å². The Hall–Kier alpha value is -4.53. The molecule has 4 rings (SSSR count). The molecule has 0 fully saturated rings. The van der Waals surface area contributed by atoms with Crippen molar-refractivity contribution < 1.29 is 14.3 Å². The van der Waals surface area contributed by atoms with E-state index in [0.29, 0.717) is 16.8 Å². The van der Waals surface area contributed by atoms with Gasteiger partial charge >= 0.3 is 5.97 Å². The lowest BCUT2D eigenvalue weighted by atomic mass is 9.84. The highest BCUT2D eigenvalue weighted by atomic mass is 32.2. The summed E-state index contributed by atoms with van der Waals surface area (Å²) in [5, 5.41) is 19.7. The van der Waals surface area contributed by atoms with Gasteiger partial charge in [0.15, 0.2) is 5.09 Å². The lowest BCUT2D eigenvalue weighted by molar-refractivity contribution is -0.139. The van der Waals surface area contributed by atoms with E-state index in [1.807, 2.05) is 60.7 Å². The van der Waals surface area contributed by atoms with Gasteiger partial charge < -0.3 is 15.2 Å². The Morgan fingerprint density at radius 3 is 2.39 bits per heavy atom. The molecule has 1 aromatic heterocycles. The average Bonchev–Trinajstić information content (AvgIpc) is 2.92. The van der Waals surface area contributed by atoms with E-state index in [0.717, 1.165) is 11.3 Å². The van der Waals surface area contributed by atoms with Gasteiger partial charge in [-0.15, -0.1) is 0 Å². The molecule has 7 nitrogen and oxygen atoms in total. The number of esters is 1. The second-order valence-electron chi connectivity index (χ2n) is 7.71. The summed E-state index contributed by atoms with van der Waals surface area (Å²) in [5.41, 5.74) is 9.77. The Bertz CT molecular complexity index is 1420. The molecule has 0 amide bonds. The lowest BCUT2D eigenvalue weighted by Crippen LogP contribution is -2.25. The van der Waals surface area contributed by atoms with Gasteiger partial charge in [-0.2, -0.15) is 10.5 Å². The van der Waals surface area contributed by atoms with Crippen LogP contribution < -0.4 is 5.73 Å². The third-order valence-corrected chi connectivity index (χ3v) is 6.50. The quantitative estimate of drug-likeness (QED) is 0.448. The van der Waals surface area contributed by atoms with Crippen molar-refractivity contribution >= 4 is 17.7 Å². The fourth-order valence-corrected chi connectivity index (χ4v) is 4.84. The molecule has 3 aromatic rings. The number of ether oxygens (including phenoxy) is 2. The topological polar surface area (TPSA) is 122 Å². The van der Waals surface area contributed by atoms with E-state index in [9.17, 15) is 15.3 Å². The van der Waals surface area contributed by atoms with E-state index in [4.69, 9.17) is 20.2 Å². The van der Waals surface area contributed by atoms with Crippen molar-refractivity contribution in [3.8, 4) is 23.4 Å². The number of carbonyl (C=O) groups is 1. The molecular weight excluding hydrogens is 472 g/mol. The third-order valence-electron chi connectivity index (χ3n) is 5.52. The highest BCUT2D eigenvalue weighted by molar-refractivity contribution is 8.02. The molecule has 1 aliphatic heterocycles. The number of pyridine rings is 1. The summed E-state index contributed by atoms with van der Waals surface area (Å²) in [6, 6.07) is 26.6. The summed E-state index contributed by atoms with van der Waals surface area (Å²) in [7, 11) is 0. The first-order chi connectivity index (χ1) is 17.6. The first-order valence-corrected chi connectivity index (χ1v) is 12.2. The van der Waals surface area contributed by atoms with Crippen LogP contribution in [0, 0.1) is 22.7 Å². The van der Waals surface area contributed by atoms with Gasteiger partial charge in [-0.1, -0.05) is 72.4 Å². The molecule has 0 bridgehead atoms. The van der Waals surface area contributed by atoms with Gasteiger partial charge in [-0.25, -0.2) is 4.79 Å². The minimum Gasteiger partial charge on any atom is -0.462 e. The van der Waals surface area contributed by atoms with E-state index in [1.165, 1.54) is 11.8 Å². The zero-order chi connectivity index (χ0) is 25.5. The second-order valence-corrected chi connectivity index (χ2v) is 8.66. The van der Waals surface area contributed by atoms with E-state index in [1.54, 1.807) is 19.1 Å². The van der Waals surface area contributed by atoms with Gasteiger partial charge in [-0.3, -0.25) is 4.98 Å². The van der Waals surface area contributed by atoms with Gasteiger partial charge in [-0.05, 0) is 24.6 Å². The molecule has 2 aromatic carbocycles. The third kappa shape index (κ3) is 5.10. The summed E-state index contributed by atoms with van der Waals surface area (Å²) in [5.74, 6) is -1.18. The van der Waals surface area contributed by atoms with Crippen LogP contribution in [-0.2, 0) is 20.0 Å². The van der Waals surface area contributed by atoms with Crippen LogP contribution in [0.15, 0.2) is 94.9 Å². The number of aromatic nitrogens is 1. The predicted octanol–water partition coefficient (Wildman–Crippen LogP) is 5.14. The number of hydrogen-bond donors (Lipinski definition) is 1. The Morgan fingerprint density at radius 1 is 1.06 bits per heavy atom. The summed E-state index contributed by atoms with van der Waals surface area (Å²) in [4.78, 5) is 17.8. The van der Waals surface area contributed by atoms with E-state index >= 15 is 0 Å². The maximum Gasteiger partial charge on any atom is 0.339 e. The smallest absolute Gasteiger partial charge is 0.339 e.